The molecule has 9 N–H and O–H groups in total. The van der Waals surface area contributed by atoms with Crippen LogP contribution in [0.1, 0.15) is 51.4 Å². The molecule has 1 unspecified atom stereocenters. The van der Waals surface area contributed by atoms with Crippen molar-refractivity contribution in [3.05, 3.63) is 0 Å². The second-order valence-electron chi connectivity index (χ2n) is 6.21. The molecule has 0 radical (unpaired) electrons. The molecule has 0 aliphatic heterocycles. The predicted molar refractivity (Wildman–Crippen MR) is 106 cm³/mol. The molecule has 10 nitrogen and oxygen atoms in total. The van der Waals surface area contributed by atoms with Crippen molar-refractivity contribution in [3.63, 3.8) is 0 Å². The van der Waals surface area contributed by atoms with Crippen LogP contribution in [-0.4, -0.2) is 57.4 Å². The monoisotopic (exact) mass is 387 g/mol. The van der Waals surface area contributed by atoms with Crippen molar-refractivity contribution in [2.45, 2.75) is 57.7 Å². The van der Waals surface area contributed by atoms with E-state index in [1.165, 1.54) is 0 Å². The number of amides is 2. The summed E-state index contributed by atoms with van der Waals surface area (Å²) in [6.45, 7) is 3.61. The Kier molecular flexibility index (Phi) is 17.5. The Hall–Kier alpha value is -1.91. The number of rotatable bonds is 19. The number of ether oxygens (including phenoxy) is 1. The maximum atomic E-state index is 11.9. The van der Waals surface area contributed by atoms with Gasteiger partial charge in [0.1, 0.15) is 0 Å². The minimum absolute atomic E-state index is 0.0223. The first-order valence-electron chi connectivity index (χ1n) is 9.69. The summed E-state index contributed by atoms with van der Waals surface area (Å²) >= 11 is 0. The molecule has 0 rings (SSSR count). The minimum atomic E-state index is -0.792. The van der Waals surface area contributed by atoms with Crippen LogP contribution < -0.4 is 32.7 Å². The van der Waals surface area contributed by atoms with Crippen molar-refractivity contribution in [3.8, 4) is 0 Å². The second-order valence-corrected chi connectivity index (χ2v) is 6.21. The Balaban J connectivity index is 3.68. The van der Waals surface area contributed by atoms with Crippen molar-refractivity contribution in [1.82, 2.24) is 21.3 Å². The maximum Gasteiger partial charge on any atom is 0.223 e. The lowest BCUT2D eigenvalue weighted by Crippen LogP contribution is -2.46. The molecule has 0 bridgehead atoms. The van der Waals surface area contributed by atoms with Crippen LogP contribution in [0.15, 0.2) is 0 Å². The molecule has 0 saturated heterocycles. The molecular formula is C17H37N7O3. The van der Waals surface area contributed by atoms with E-state index in [9.17, 15) is 9.59 Å². The van der Waals surface area contributed by atoms with Crippen molar-refractivity contribution in [1.29, 1.82) is 5.41 Å². The number of nitrogens with two attached hydrogens (primary N) is 2. The standard InChI is InChI=1S/C17H37N7O3/c18-9-7-11-21-10-5-6-13-27-17(23-14-25)24-15(26)8-3-1-2-4-12-22-16(19)20/h14,17,21H,1-13,18H2,(H,23,25)(H,24,26)(H4,19,20,22). The quantitative estimate of drug-likeness (QED) is 0.0505. The van der Waals surface area contributed by atoms with Gasteiger partial charge < -0.3 is 37.5 Å². The van der Waals surface area contributed by atoms with Crippen LogP contribution in [0.3, 0.4) is 0 Å². The van der Waals surface area contributed by atoms with Crippen molar-refractivity contribution >= 4 is 18.3 Å². The van der Waals surface area contributed by atoms with Gasteiger partial charge in [-0.3, -0.25) is 15.0 Å². The fraction of sp³-hybridized carbons (Fsp3) is 0.824. The number of carbonyl (C=O) groups is 2. The summed E-state index contributed by atoms with van der Waals surface area (Å²) in [5.41, 5.74) is 10.6. The van der Waals surface area contributed by atoms with Gasteiger partial charge in [0.25, 0.3) is 0 Å². The largest absolute Gasteiger partial charge is 0.370 e. The smallest absolute Gasteiger partial charge is 0.223 e. The fourth-order valence-corrected chi connectivity index (χ4v) is 2.30. The van der Waals surface area contributed by atoms with E-state index >= 15 is 0 Å². The average molecular weight is 388 g/mol. The highest BCUT2D eigenvalue weighted by Crippen LogP contribution is 2.03. The van der Waals surface area contributed by atoms with Gasteiger partial charge in [0.15, 0.2) is 5.96 Å². The molecule has 0 aromatic heterocycles. The third-order valence-electron chi connectivity index (χ3n) is 3.75. The molecule has 0 aliphatic carbocycles. The van der Waals surface area contributed by atoms with Crippen molar-refractivity contribution in [2.75, 3.05) is 32.8 Å². The summed E-state index contributed by atoms with van der Waals surface area (Å²) in [5.74, 6) is -0.175. The molecule has 0 aromatic rings. The van der Waals surface area contributed by atoms with E-state index in [1.807, 2.05) is 0 Å². The first kappa shape index (κ1) is 25.1. The molecule has 0 fully saturated rings. The zero-order valence-corrected chi connectivity index (χ0v) is 16.2. The van der Waals surface area contributed by atoms with Gasteiger partial charge in [-0.05, 0) is 51.7 Å². The fourth-order valence-electron chi connectivity index (χ4n) is 2.30. The highest BCUT2D eigenvalue weighted by molar-refractivity contribution is 5.76. The topological polar surface area (TPSA) is 167 Å². The Labute approximate surface area is 162 Å². The molecule has 0 spiro atoms. The molecular weight excluding hydrogens is 350 g/mol. The normalized spacial score (nSPS) is 11.6. The first-order chi connectivity index (χ1) is 13.1. The number of carbonyl (C=O) groups excluding carboxylic acids is 2. The van der Waals surface area contributed by atoms with E-state index in [4.69, 9.17) is 21.6 Å². The molecule has 10 heteroatoms. The van der Waals surface area contributed by atoms with Crippen LogP contribution in [0.25, 0.3) is 0 Å². The minimum Gasteiger partial charge on any atom is -0.370 e. The van der Waals surface area contributed by atoms with Gasteiger partial charge >= 0.3 is 0 Å². The zero-order chi connectivity index (χ0) is 20.2. The van der Waals surface area contributed by atoms with Gasteiger partial charge in [0.2, 0.25) is 18.7 Å². The van der Waals surface area contributed by atoms with E-state index in [1.54, 1.807) is 0 Å². The van der Waals surface area contributed by atoms with Gasteiger partial charge in [-0.25, -0.2) is 0 Å². The molecule has 0 heterocycles. The van der Waals surface area contributed by atoms with Crippen LogP contribution in [-0.2, 0) is 14.3 Å². The van der Waals surface area contributed by atoms with Gasteiger partial charge in [-0.1, -0.05) is 12.8 Å². The Bertz CT molecular complexity index is 397. The summed E-state index contributed by atoms with van der Waals surface area (Å²) in [7, 11) is 0. The molecule has 27 heavy (non-hydrogen) atoms. The summed E-state index contributed by atoms with van der Waals surface area (Å²) < 4.78 is 5.50. The Morgan fingerprint density at radius 1 is 1.04 bits per heavy atom. The molecule has 0 aromatic carbocycles. The maximum absolute atomic E-state index is 11.9. The summed E-state index contributed by atoms with van der Waals surface area (Å²) in [6, 6.07) is 0. The summed E-state index contributed by atoms with van der Waals surface area (Å²) in [5, 5.41) is 18.2. The lowest BCUT2D eigenvalue weighted by Gasteiger charge is -2.18. The van der Waals surface area contributed by atoms with Crippen LogP contribution in [0, 0.1) is 5.41 Å². The predicted octanol–water partition coefficient (Wildman–Crippen LogP) is -0.699. The van der Waals surface area contributed by atoms with Gasteiger partial charge in [-0.2, -0.15) is 0 Å². The third-order valence-corrected chi connectivity index (χ3v) is 3.75. The van der Waals surface area contributed by atoms with Crippen LogP contribution in [0.5, 0.6) is 0 Å². The zero-order valence-electron chi connectivity index (χ0n) is 16.2. The van der Waals surface area contributed by atoms with Crippen molar-refractivity contribution in [2.24, 2.45) is 11.5 Å². The highest BCUT2D eigenvalue weighted by Gasteiger charge is 2.11. The summed E-state index contributed by atoms with van der Waals surface area (Å²) in [4.78, 5) is 22.6. The number of nitrogens with one attached hydrogen (secondary N) is 5. The SMILES string of the molecule is N=C(N)NCCCCCCC(=O)NC(NC=O)OCCCCNCCCN. The van der Waals surface area contributed by atoms with Crippen LogP contribution in [0.2, 0.25) is 0 Å². The van der Waals surface area contributed by atoms with Gasteiger partial charge in [0.05, 0.1) is 6.61 Å². The Morgan fingerprint density at radius 2 is 1.74 bits per heavy atom. The van der Waals surface area contributed by atoms with Gasteiger partial charge in [0, 0.05) is 13.0 Å². The van der Waals surface area contributed by atoms with E-state index in [2.05, 4.69) is 21.3 Å². The molecule has 1 atom stereocenters. The van der Waals surface area contributed by atoms with Gasteiger partial charge in [-0.15, -0.1) is 0 Å². The van der Waals surface area contributed by atoms with Crippen molar-refractivity contribution < 1.29 is 14.3 Å². The average Bonchev–Trinajstić information content (AvgIpc) is 2.63. The Morgan fingerprint density at radius 3 is 2.44 bits per heavy atom. The molecule has 0 aliphatic rings. The molecule has 158 valence electrons. The van der Waals surface area contributed by atoms with E-state index in [0.29, 0.717) is 32.5 Å². The van der Waals surface area contributed by atoms with E-state index in [0.717, 1.165) is 58.0 Å². The second kappa shape index (κ2) is 18.9. The number of unbranched alkanes of at least 4 members (excludes halogenated alkanes) is 4. The third kappa shape index (κ3) is 18.7. The number of guanidine groups is 1. The summed E-state index contributed by atoms with van der Waals surface area (Å²) in [6.07, 6.45) is 6.38. The lowest BCUT2D eigenvalue weighted by molar-refractivity contribution is -0.128. The van der Waals surface area contributed by atoms with Crippen LogP contribution in [0.4, 0.5) is 0 Å². The lowest BCUT2D eigenvalue weighted by atomic mass is 10.1. The number of hydrogen-bond donors (Lipinski definition) is 7. The molecule has 0 saturated carbocycles. The van der Waals surface area contributed by atoms with E-state index < -0.39 is 6.35 Å². The molecule has 2 amide bonds. The highest BCUT2D eigenvalue weighted by atomic mass is 16.5. The number of hydrogen-bond acceptors (Lipinski definition) is 6. The van der Waals surface area contributed by atoms with E-state index in [-0.39, 0.29) is 11.9 Å². The van der Waals surface area contributed by atoms with Crippen LogP contribution >= 0.6 is 0 Å². The first-order valence-corrected chi connectivity index (χ1v) is 9.69.